The molecule has 0 spiro atoms. The maximum atomic E-state index is 13.2. The summed E-state index contributed by atoms with van der Waals surface area (Å²) in [7, 11) is 0. The molecule has 1 heterocycles. The Morgan fingerprint density at radius 1 is 1.10 bits per heavy atom. The molecule has 5 nitrogen and oxygen atoms in total. The zero-order chi connectivity index (χ0) is 20.6. The molecule has 3 rings (SSSR count). The highest BCUT2D eigenvalue weighted by Crippen LogP contribution is 2.19. The Balaban J connectivity index is 1.71. The molecular formula is C23H28ClN3O2. The highest BCUT2D eigenvalue weighted by molar-refractivity contribution is 6.30. The van der Waals surface area contributed by atoms with Gasteiger partial charge in [-0.1, -0.05) is 54.9 Å². The second kappa shape index (κ2) is 10.4. The van der Waals surface area contributed by atoms with E-state index in [0.29, 0.717) is 30.1 Å². The number of piperazine rings is 1. The van der Waals surface area contributed by atoms with E-state index in [4.69, 9.17) is 11.6 Å². The molecule has 29 heavy (non-hydrogen) atoms. The van der Waals surface area contributed by atoms with Crippen LogP contribution in [0.25, 0.3) is 0 Å². The number of halogens is 1. The highest BCUT2D eigenvalue weighted by Gasteiger charge is 2.22. The Labute approximate surface area is 177 Å². The van der Waals surface area contributed by atoms with Gasteiger partial charge in [-0.05, 0) is 29.7 Å². The van der Waals surface area contributed by atoms with Crippen molar-refractivity contribution in [1.29, 1.82) is 0 Å². The van der Waals surface area contributed by atoms with Crippen LogP contribution < -0.4 is 5.32 Å². The molecule has 6 heteroatoms. The second-order valence-electron chi connectivity index (χ2n) is 7.45. The number of hydrogen-bond donors (Lipinski definition) is 1. The Kier molecular flexibility index (Phi) is 7.67. The number of carbonyl (C=O) groups is 2. The Morgan fingerprint density at radius 2 is 1.83 bits per heavy atom. The third-order valence-corrected chi connectivity index (χ3v) is 5.52. The minimum absolute atomic E-state index is 0.0941. The minimum atomic E-state index is -0.0941. The molecule has 0 aliphatic carbocycles. The summed E-state index contributed by atoms with van der Waals surface area (Å²) in [4.78, 5) is 29.5. The van der Waals surface area contributed by atoms with Gasteiger partial charge in [-0.15, -0.1) is 0 Å². The smallest absolute Gasteiger partial charge is 0.253 e. The number of rotatable bonds is 7. The van der Waals surface area contributed by atoms with Gasteiger partial charge in [0.15, 0.2) is 0 Å². The molecular weight excluding hydrogens is 386 g/mol. The topological polar surface area (TPSA) is 52.7 Å². The van der Waals surface area contributed by atoms with Crippen molar-refractivity contribution in [3.8, 4) is 0 Å². The van der Waals surface area contributed by atoms with E-state index in [2.05, 4.69) is 24.4 Å². The summed E-state index contributed by atoms with van der Waals surface area (Å²) in [6, 6.07) is 17.1. The van der Waals surface area contributed by atoms with Crippen LogP contribution in [0.1, 0.15) is 35.2 Å². The average molecular weight is 414 g/mol. The number of nitrogens with zero attached hydrogens (tertiary/aromatic N) is 2. The van der Waals surface area contributed by atoms with Crippen LogP contribution in [-0.4, -0.2) is 60.9 Å². The summed E-state index contributed by atoms with van der Waals surface area (Å²) < 4.78 is 0. The van der Waals surface area contributed by atoms with Gasteiger partial charge in [0.2, 0.25) is 5.91 Å². The average Bonchev–Trinajstić information content (AvgIpc) is 2.77. The van der Waals surface area contributed by atoms with Gasteiger partial charge < -0.3 is 15.1 Å². The lowest BCUT2D eigenvalue weighted by molar-refractivity contribution is -0.131. The van der Waals surface area contributed by atoms with Crippen LogP contribution in [0.2, 0.25) is 5.02 Å². The van der Waals surface area contributed by atoms with Gasteiger partial charge in [-0.25, -0.2) is 0 Å². The maximum absolute atomic E-state index is 13.2. The van der Waals surface area contributed by atoms with Gasteiger partial charge in [0, 0.05) is 56.3 Å². The lowest BCUT2D eigenvalue weighted by Crippen LogP contribution is -2.47. The van der Waals surface area contributed by atoms with E-state index in [1.807, 2.05) is 23.1 Å². The van der Waals surface area contributed by atoms with E-state index < -0.39 is 0 Å². The lowest BCUT2D eigenvalue weighted by atomic mass is 10.00. The summed E-state index contributed by atoms with van der Waals surface area (Å²) in [6.45, 7) is 6.13. The molecule has 0 aromatic heterocycles. The van der Waals surface area contributed by atoms with E-state index in [1.165, 1.54) is 5.56 Å². The number of hydrogen-bond acceptors (Lipinski definition) is 3. The van der Waals surface area contributed by atoms with Gasteiger partial charge in [0.1, 0.15) is 0 Å². The molecule has 1 unspecified atom stereocenters. The number of amides is 2. The number of nitrogens with one attached hydrogen (secondary N) is 1. The normalized spacial score (nSPS) is 15.0. The minimum Gasteiger partial charge on any atom is -0.340 e. The summed E-state index contributed by atoms with van der Waals surface area (Å²) in [5.74, 6) is 0.166. The van der Waals surface area contributed by atoms with Crippen molar-refractivity contribution in [2.45, 2.75) is 19.3 Å². The van der Waals surface area contributed by atoms with Gasteiger partial charge in [0.25, 0.3) is 5.91 Å². The summed E-state index contributed by atoms with van der Waals surface area (Å²) in [5, 5.41) is 3.78. The first-order valence-corrected chi connectivity index (χ1v) is 10.5. The summed E-state index contributed by atoms with van der Waals surface area (Å²) in [6.07, 6.45) is 0.327. The largest absolute Gasteiger partial charge is 0.340 e. The van der Waals surface area contributed by atoms with Gasteiger partial charge in [0.05, 0.1) is 0 Å². The van der Waals surface area contributed by atoms with Gasteiger partial charge >= 0.3 is 0 Å². The fourth-order valence-electron chi connectivity index (χ4n) is 3.60. The highest BCUT2D eigenvalue weighted by atomic mass is 35.5. The first-order valence-electron chi connectivity index (χ1n) is 10.1. The predicted octanol–water partition coefficient (Wildman–Crippen LogP) is 3.41. The van der Waals surface area contributed by atoms with Crippen molar-refractivity contribution < 1.29 is 9.59 Å². The molecule has 0 bridgehead atoms. The molecule has 2 amide bonds. The molecule has 2 aromatic rings. The van der Waals surface area contributed by atoms with E-state index in [-0.39, 0.29) is 17.7 Å². The standard InChI is InChI=1S/C23H28ClN3O2/c1-18(19-6-3-2-4-7-19)17-27(23(29)20-8-5-9-21(24)16-20)13-10-22(28)26-14-11-25-12-15-26/h2-9,16,18,25H,10-15,17H2,1H3. The molecule has 1 N–H and O–H groups in total. The van der Waals surface area contributed by atoms with Crippen LogP contribution >= 0.6 is 11.6 Å². The summed E-state index contributed by atoms with van der Waals surface area (Å²) >= 11 is 6.09. The van der Waals surface area contributed by atoms with Crippen molar-refractivity contribution in [2.24, 2.45) is 0 Å². The molecule has 1 saturated heterocycles. The van der Waals surface area contributed by atoms with E-state index in [0.717, 1.165) is 26.2 Å². The van der Waals surface area contributed by atoms with Gasteiger partial charge in [-0.2, -0.15) is 0 Å². The van der Waals surface area contributed by atoms with Crippen molar-refractivity contribution in [1.82, 2.24) is 15.1 Å². The van der Waals surface area contributed by atoms with Crippen LogP contribution in [0.3, 0.4) is 0 Å². The molecule has 154 valence electrons. The Morgan fingerprint density at radius 3 is 2.52 bits per heavy atom. The lowest BCUT2D eigenvalue weighted by Gasteiger charge is -2.30. The third kappa shape index (κ3) is 6.05. The molecule has 1 fully saturated rings. The quantitative estimate of drug-likeness (QED) is 0.756. The SMILES string of the molecule is CC(CN(CCC(=O)N1CCNCC1)C(=O)c1cccc(Cl)c1)c1ccccc1. The first-order chi connectivity index (χ1) is 14.0. The number of carbonyl (C=O) groups excluding carboxylic acids is 2. The van der Waals surface area contributed by atoms with Crippen LogP contribution in [0.4, 0.5) is 0 Å². The predicted molar refractivity (Wildman–Crippen MR) is 116 cm³/mol. The Hall–Kier alpha value is -2.37. The number of benzene rings is 2. The third-order valence-electron chi connectivity index (χ3n) is 5.29. The van der Waals surface area contributed by atoms with Crippen molar-refractivity contribution in [2.75, 3.05) is 39.3 Å². The molecule has 0 radical (unpaired) electrons. The fourth-order valence-corrected chi connectivity index (χ4v) is 3.79. The van der Waals surface area contributed by atoms with Crippen LogP contribution in [0.5, 0.6) is 0 Å². The Bertz CT molecular complexity index is 822. The first kappa shape index (κ1) is 21.3. The van der Waals surface area contributed by atoms with E-state index >= 15 is 0 Å². The molecule has 1 aliphatic rings. The van der Waals surface area contributed by atoms with Crippen molar-refractivity contribution >= 4 is 23.4 Å². The molecule has 2 aromatic carbocycles. The summed E-state index contributed by atoms with van der Waals surface area (Å²) in [5.41, 5.74) is 1.72. The fraction of sp³-hybridized carbons (Fsp3) is 0.391. The zero-order valence-electron chi connectivity index (χ0n) is 16.8. The van der Waals surface area contributed by atoms with Crippen molar-refractivity contribution in [3.63, 3.8) is 0 Å². The zero-order valence-corrected chi connectivity index (χ0v) is 17.6. The van der Waals surface area contributed by atoms with Crippen LogP contribution in [-0.2, 0) is 4.79 Å². The second-order valence-corrected chi connectivity index (χ2v) is 7.89. The van der Waals surface area contributed by atoms with Crippen molar-refractivity contribution in [3.05, 3.63) is 70.7 Å². The molecule has 1 atom stereocenters. The molecule has 1 aliphatic heterocycles. The van der Waals surface area contributed by atoms with E-state index in [9.17, 15) is 9.59 Å². The monoisotopic (exact) mass is 413 g/mol. The molecule has 0 saturated carbocycles. The van der Waals surface area contributed by atoms with Gasteiger partial charge in [-0.3, -0.25) is 9.59 Å². The maximum Gasteiger partial charge on any atom is 0.253 e. The van der Waals surface area contributed by atoms with Crippen LogP contribution in [0.15, 0.2) is 54.6 Å². The van der Waals surface area contributed by atoms with Crippen LogP contribution in [0, 0.1) is 0 Å². The van der Waals surface area contributed by atoms with E-state index in [1.54, 1.807) is 29.2 Å².